The number of primary amides is 1. The van der Waals surface area contributed by atoms with Crippen molar-refractivity contribution in [3.05, 3.63) is 62.1 Å². The Morgan fingerprint density at radius 2 is 1.90 bits per heavy atom. The molecule has 108 valence electrons. The first-order valence-electron chi connectivity index (χ1n) is 5.69. The number of anilines is 2. The lowest BCUT2D eigenvalue weighted by Crippen LogP contribution is -2.11. The molecule has 2 aromatic carbocycles. The van der Waals surface area contributed by atoms with Gasteiger partial charge in [0.25, 0.3) is 5.69 Å². The second kappa shape index (κ2) is 5.99. The Hall–Kier alpha value is -2.31. The van der Waals surface area contributed by atoms with E-state index in [1.165, 1.54) is 12.1 Å². The van der Waals surface area contributed by atoms with Crippen LogP contribution in [0.1, 0.15) is 10.4 Å². The van der Waals surface area contributed by atoms with Crippen LogP contribution in [0.2, 0.25) is 10.0 Å². The van der Waals surface area contributed by atoms with Crippen LogP contribution in [-0.4, -0.2) is 10.8 Å². The summed E-state index contributed by atoms with van der Waals surface area (Å²) in [5, 5.41) is 14.5. The third-order valence-corrected chi connectivity index (χ3v) is 3.52. The average molecular weight is 326 g/mol. The molecule has 0 fully saturated rings. The Morgan fingerprint density at radius 3 is 2.52 bits per heavy atom. The molecule has 0 saturated carbocycles. The minimum Gasteiger partial charge on any atom is -0.366 e. The normalized spacial score (nSPS) is 10.2. The molecule has 3 N–H and O–H groups in total. The Labute approximate surface area is 129 Å². The molecule has 0 saturated heterocycles. The van der Waals surface area contributed by atoms with Gasteiger partial charge in [-0.05, 0) is 24.3 Å². The van der Waals surface area contributed by atoms with Crippen molar-refractivity contribution in [1.82, 2.24) is 0 Å². The monoisotopic (exact) mass is 325 g/mol. The lowest BCUT2D eigenvalue weighted by atomic mass is 10.1. The highest BCUT2D eigenvalue weighted by Crippen LogP contribution is 2.34. The number of hydrogen-bond acceptors (Lipinski definition) is 4. The fourth-order valence-electron chi connectivity index (χ4n) is 1.69. The maximum atomic E-state index is 11.1. The van der Waals surface area contributed by atoms with Gasteiger partial charge in [0.1, 0.15) is 5.69 Å². The number of nitrogens with two attached hydrogens (primary N) is 1. The van der Waals surface area contributed by atoms with E-state index in [4.69, 9.17) is 28.9 Å². The highest BCUT2D eigenvalue weighted by atomic mass is 35.5. The van der Waals surface area contributed by atoms with Crippen LogP contribution in [0.15, 0.2) is 36.4 Å². The second-order valence-electron chi connectivity index (χ2n) is 4.08. The zero-order chi connectivity index (χ0) is 15.6. The summed E-state index contributed by atoms with van der Waals surface area (Å²) in [6, 6.07) is 8.74. The van der Waals surface area contributed by atoms with E-state index < -0.39 is 10.8 Å². The lowest BCUT2D eigenvalue weighted by molar-refractivity contribution is -0.383. The Kier molecular flexibility index (Phi) is 4.30. The van der Waals surface area contributed by atoms with E-state index >= 15 is 0 Å². The summed E-state index contributed by atoms with van der Waals surface area (Å²) < 4.78 is 0. The molecule has 6 nitrogen and oxygen atoms in total. The number of halogens is 2. The van der Waals surface area contributed by atoms with E-state index in [0.717, 1.165) is 6.07 Å². The molecule has 0 aromatic heterocycles. The Bertz CT molecular complexity index is 735. The molecule has 0 spiro atoms. The Morgan fingerprint density at radius 1 is 1.19 bits per heavy atom. The highest BCUT2D eigenvalue weighted by molar-refractivity contribution is 6.43. The summed E-state index contributed by atoms with van der Waals surface area (Å²) >= 11 is 11.9. The average Bonchev–Trinajstić information content (AvgIpc) is 2.43. The first-order valence-corrected chi connectivity index (χ1v) is 6.45. The van der Waals surface area contributed by atoms with Crippen molar-refractivity contribution >= 4 is 46.2 Å². The maximum Gasteiger partial charge on any atom is 0.293 e. The van der Waals surface area contributed by atoms with E-state index in [1.807, 2.05) is 0 Å². The van der Waals surface area contributed by atoms with Gasteiger partial charge in [-0.1, -0.05) is 29.3 Å². The zero-order valence-electron chi connectivity index (χ0n) is 10.5. The van der Waals surface area contributed by atoms with Gasteiger partial charge >= 0.3 is 0 Å². The number of benzene rings is 2. The topological polar surface area (TPSA) is 98.3 Å². The van der Waals surface area contributed by atoms with Crippen LogP contribution in [0, 0.1) is 10.1 Å². The molecule has 1 amide bonds. The van der Waals surface area contributed by atoms with Crippen LogP contribution in [0.5, 0.6) is 0 Å². The number of nitro benzene ring substituents is 1. The lowest BCUT2D eigenvalue weighted by Gasteiger charge is -2.10. The number of nitrogens with one attached hydrogen (secondary N) is 1. The predicted molar refractivity (Wildman–Crippen MR) is 81.4 cm³/mol. The molecule has 0 heterocycles. The molecule has 0 atom stereocenters. The number of carbonyl (C=O) groups excluding carboxylic acids is 1. The van der Waals surface area contributed by atoms with E-state index in [1.54, 1.807) is 18.2 Å². The van der Waals surface area contributed by atoms with Crippen LogP contribution < -0.4 is 11.1 Å². The summed E-state index contributed by atoms with van der Waals surface area (Å²) in [7, 11) is 0. The molecular formula is C13H9Cl2N3O3. The van der Waals surface area contributed by atoms with Crippen molar-refractivity contribution in [3.63, 3.8) is 0 Å². The smallest absolute Gasteiger partial charge is 0.293 e. The number of nitro groups is 1. The molecular weight excluding hydrogens is 317 g/mol. The van der Waals surface area contributed by atoms with Crippen molar-refractivity contribution in [2.24, 2.45) is 5.73 Å². The van der Waals surface area contributed by atoms with E-state index in [9.17, 15) is 14.9 Å². The minimum absolute atomic E-state index is 0.0458. The summed E-state index contributed by atoms with van der Waals surface area (Å²) in [5.74, 6) is -0.745. The number of carbonyl (C=O) groups is 1. The van der Waals surface area contributed by atoms with Gasteiger partial charge in [0.15, 0.2) is 0 Å². The minimum atomic E-state index is -0.745. The molecule has 2 aromatic rings. The van der Waals surface area contributed by atoms with Crippen LogP contribution in [0.4, 0.5) is 17.1 Å². The van der Waals surface area contributed by atoms with Crippen molar-refractivity contribution < 1.29 is 9.72 Å². The van der Waals surface area contributed by atoms with Gasteiger partial charge in [-0.2, -0.15) is 0 Å². The number of hydrogen-bond donors (Lipinski definition) is 2. The van der Waals surface area contributed by atoms with E-state index in [2.05, 4.69) is 5.32 Å². The predicted octanol–water partition coefficient (Wildman–Crippen LogP) is 3.74. The van der Waals surface area contributed by atoms with E-state index in [-0.39, 0.29) is 22.0 Å². The molecule has 21 heavy (non-hydrogen) atoms. The summed E-state index contributed by atoms with van der Waals surface area (Å²) in [5.41, 5.74) is 5.46. The fourth-order valence-corrected chi connectivity index (χ4v) is 2.03. The first kappa shape index (κ1) is 15.1. The molecule has 8 heteroatoms. The molecule has 0 aliphatic rings. The van der Waals surface area contributed by atoms with Crippen LogP contribution in [0.3, 0.4) is 0 Å². The molecule has 0 aliphatic heterocycles. The maximum absolute atomic E-state index is 11.1. The van der Waals surface area contributed by atoms with Gasteiger partial charge in [0, 0.05) is 11.6 Å². The highest BCUT2D eigenvalue weighted by Gasteiger charge is 2.17. The summed E-state index contributed by atoms with van der Waals surface area (Å²) in [4.78, 5) is 21.6. The number of amides is 1. The third-order valence-electron chi connectivity index (χ3n) is 2.70. The van der Waals surface area contributed by atoms with Gasteiger partial charge in [0.05, 0.1) is 20.7 Å². The van der Waals surface area contributed by atoms with Gasteiger partial charge in [0.2, 0.25) is 5.91 Å². The standard InChI is InChI=1S/C13H9Cl2N3O3/c14-8-2-1-3-10(12(8)15)17-9-5-4-7(13(16)19)6-11(9)18(20)21/h1-6,17H,(H2,16,19). The van der Waals surface area contributed by atoms with Gasteiger partial charge in [-0.3, -0.25) is 14.9 Å². The second-order valence-corrected chi connectivity index (χ2v) is 4.86. The number of nitrogens with zero attached hydrogens (tertiary/aromatic N) is 1. The van der Waals surface area contributed by atoms with Crippen molar-refractivity contribution in [2.75, 3.05) is 5.32 Å². The SMILES string of the molecule is NC(=O)c1ccc(Nc2cccc(Cl)c2Cl)c([N+](=O)[O-])c1. The van der Waals surface area contributed by atoms with Crippen LogP contribution in [0.25, 0.3) is 0 Å². The van der Waals surface area contributed by atoms with Gasteiger partial charge < -0.3 is 11.1 Å². The fraction of sp³-hybridized carbons (Fsp3) is 0. The molecule has 0 unspecified atom stereocenters. The van der Waals surface area contributed by atoms with Gasteiger partial charge in [-0.25, -0.2) is 0 Å². The third kappa shape index (κ3) is 3.24. The van der Waals surface area contributed by atoms with E-state index in [0.29, 0.717) is 10.7 Å². The number of rotatable bonds is 4. The van der Waals surface area contributed by atoms with Crippen molar-refractivity contribution in [1.29, 1.82) is 0 Å². The largest absolute Gasteiger partial charge is 0.366 e. The van der Waals surface area contributed by atoms with Crippen LogP contribution in [-0.2, 0) is 0 Å². The zero-order valence-corrected chi connectivity index (χ0v) is 12.0. The van der Waals surface area contributed by atoms with Crippen molar-refractivity contribution in [2.45, 2.75) is 0 Å². The molecule has 2 rings (SSSR count). The quantitative estimate of drug-likeness (QED) is 0.660. The molecule has 0 aliphatic carbocycles. The first-order chi connectivity index (χ1) is 9.90. The van der Waals surface area contributed by atoms with Gasteiger partial charge in [-0.15, -0.1) is 0 Å². The Balaban J connectivity index is 2.46. The summed E-state index contributed by atoms with van der Waals surface area (Å²) in [6.07, 6.45) is 0. The molecule has 0 bridgehead atoms. The van der Waals surface area contributed by atoms with Crippen LogP contribution >= 0.6 is 23.2 Å². The molecule has 0 radical (unpaired) electrons. The van der Waals surface area contributed by atoms with Crippen molar-refractivity contribution in [3.8, 4) is 0 Å². The summed E-state index contributed by atoms with van der Waals surface area (Å²) in [6.45, 7) is 0.